The van der Waals surface area contributed by atoms with E-state index in [1.165, 1.54) is 10.9 Å². The molecular formula is C12H20ClN3O2. The average Bonchev–Trinajstić information content (AvgIpc) is 2.28. The Labute approximate surface area is 112 Å². The molecule has 0 aromatic carbocycles. The number of rotatable bonds is 6. The lowest BCUT2D eigenvalue weighted by Crippen LogP contribution is -2.31. The SMILES string of the molecule is CCCCn1ncc(NCC(C)(C)O)c(Cl)c1=O. The van der Waals surface area contributed by atoms with Crippen LogP contribution in [0.4, 0.5) is 5.69 Å². The van der Waals surface area contributed by atoms with E-state index in [4.69, 9.17) is 11.6 Å². The van der Waals surface area contributed by atoms with Crippen LogP contribution in [0, 0.1) is 0 Å². The van der Waals surface area contributed by atoms with Gasteiger partial charge in [0.2, 0.25) is 0 Å². The van der Waals surface area contributed by atoms with Crippen LogP contribution >= 0.6 is 11.6 Å². The fraction of sp³-hybridized carbons (Fsp3) is 0.667. The fourth-order valence-corrected chi connectivity index (χ4v) is 1.58. The number of aryl methyl sites for hydroxylation is 1. The third-order valence-electron chi connectivity index (χ3n) is 2.42. The molecule has 0 saturated carbocycles. The summed E-state index contributed by atoms with van der Waals surface area (Å²) in [6, 6.07) is 0. The summed E-state index contributed by atoms with van der Waals surface area (Å²) >= 11 is 5.99. The van der Waals surface area contributed by atoms with Gasteiger partial charge in [-0.05, 0) is 20.3 Å². The second kappa shape index (κ2) is 6.20. The van der Waals surface area contributed by atoms with Gasteiger partial charge >= 0.3 is 0 Å². The van der Waals surface area contributed by atoms with Crippen molar-refractivity contribution in [2.45, 2.75) is 45.8 Å². The van der Waals surface area contributed by atoms with Gasteiger partial charge in [0, 0.05) is 13.1 Å². The Bertz CT molecular complexity index is 452. The van der Waals surface area contributed by atoms with Crippen molar-refractivity contribution < 1.29 is 5.11 Å². The first-order valence-electron chi connectivity index (χ1n) is 6.07. The summed E-state index contributed by atoms with van der Waals surface area (Å²) in [5, 5.41) is 16.7. The number of hydrogen-bond donors (Lipinski definition) is 2. The van der Waals surface area contributed by atoms with E-state index in [2.05, 4.69) is 10.4 Å². The minimum absolute atomic E-state index is 0.116. The molecule has 0 aliphatic rings. The Morgan fingerprint density at radius 3 is 2.78 bits per heavy atom. The summed E-state index contributed by atoms with van der Waals surface area (Å²) in [4.78, 5) is 11.9. The molecule has 5 nitrogen and oxygen atoms in total. The van der Waals surface area contributed by atoms with E-state index in [1.54, 1.807) is 13.8 Å². The number of anilines is 1. The molecule has 0 fully saturated rings. The molecule has 0 bridgehead atoms. The highest BCUT2D eigenvalue weighted by molar-refractivity contribution is 6.32. The van der Waals surface area contributed by atoms with Crippen LogP contribution in [0.5, 0.6) is 0 Å². The van der Waals surface area contributed by atoms with Crippen molar-refractivity contribution in [3.63, 3.8) is 0 Å². The highest BCUT2D eigenvalue weighted by Gasteiger charge is 2.14. The van der Waals surface area contributed by atoms with Crippen molar-refractivity contribution in [1.82, 2.24) is 9.78 Å². The Morgan fingerprint density at radius 1 is 1.56 bits per heavy atom. The van der Waals surface area contributed by atoms with Crippen molar-refractivity contribution in [3.05, 3.63) is 21.6 Å². The first kappa shape index (κ1) is 15.0. The van der Waals surface area contributed by atoms with Gasteiger partial charge in [-0.1, -0.05) is 24.9 Å². The van der Waals surface area contributed by atoms with Crippen LogP contribution in [0.25, 0.3) is 0 Å². The zero-order chi connectivity index (χ0) is 13.8. The molecule has 0 radical (unpaired) electrons. The molecule has 102 valence electrons. The van der Waals surface area contributed by atoms with Crippen molar-refractivity contribution in [3.8, 4) is 0 Å². The van der Waals surface area contributed by atoms with E-state index in [1.807, 2.05) is 6.92 Å². The molecule has 2 N–H and O–H groups in total. The molecule has 1 aromatic rings. The molecular weight excluding hydrogens is 254 g/mol. The number of nitrogens with zero attached hydrogens (tertiary/aromatic N) is 2. The maximum absolute atomic E-state index is 11.9. The number of halogens is 1. The van der Waals surface area contributed by atoms with Gasteiger partial charge < -0.3 is 10.4 Å². The predicted molar refractivity (Wildman–Crippen MR) is 73.2 cm³/mol. The second-order valence-electron chi connectivity index (χ2n) is 4.92. The van der Waals surface area contributed by atoms with Gasteiger partial charge in [-0.3, -0.25) is 4.79 Å². The zero-order valence-electron chi connectivity index (χ0n) is 11.0. The summed E-state index contributed by atoms with van der Waals surface area (Å²) in [6.07, 6.45) is 3.40. The third-order valence-corrected chi connectivity index (χ3v) is 2.79. The van der Waals surface area contributed by atoms with E-state index in [0.717, 1.165) is 12.8 Å². The molecule has 0 spiro atoms. The predicted octanol–water partition coefficient (Wildman–Crippen LogP) is 1.88. The van der Waals surface area contributed by atoms with Gasteiger partial charge in [0.15, 0.2) is 0 Å². The normalized spacial score (nSPS) is 11.6. The van der Waals surface area contributed by atoms with Crippen molar-refractivity contribution in [2.75, 3.05) is 11.9 Å². The molecule has 1 aromatic heterocycles. The van der Waals surface area contributed by atoms with Crippen molar-refractivity contribution in [1.29, 1.82) is 0 Å². The van der Waals surface area contributed by atoms with Crippen LogP contribution in [0.3, 0.4) is 0 Å². The maximum atomic E-state index is 11.9. The maximum Gasteiger partial charge on any atom is 0.287 e. The fourth-order valence-electron chi connectivity index (χ4n) is 1.37. The second-order valence-corrected chi connectivity index (χ2v) is 5.30. The highest BCUT2D eigenvalue weighted by Crippen LogP contribution is 2.16. The Morgan fingerprint density at radius 2 is 2.22 bits per heavy atom. The molecule has 0 aliphatic carbocycles. The Balaban J connectivity index is 2.84. The van der Waals surface area contributed by atoms with E-state index in [0.29, 0.717) is 18.8 Å². The lowest BCUT2D eigenvalue weighted by atomic mass is 10.1. The quantitative estimate of drug-likeness (QED) is 0.830. The zero-order valence-corrected chi connectivity index (χ0v) is 11.8. The van der Waals surface area contributed by atoms with Gasteiger partial charge in [0.25, 0.3) is 5.56 Å². The van der Waals surface area contributed by atoms with Gasteiger partial charge in [0.1, 0.15) is 5.02 Å². The van der Waals surface area contributed by atoms with Gasteiger partial charge in [0.05, 0.1) is 17.5 Å². The Kier molecular flexibility index (Phi) is 5.16. The number of aromatic nitrogens is 2. The van der Waals surface area contributed by atoms with Crippen LogP contribution in [0.15, 0.2) is 11.0 Å². The summed E-state index contributed by atoms with van der Waals surface area (Å²) in [5.74, 6) is 0. The minimum atomic E-state index is -0.875. The number of nitrogens with one attached hydrogen (secondary N) is 1. The van der Waals surface area contributed by atoms with E-state index >= 15 is 0 Å². The smallest absolute Gasteiger partial charge is 0.287 e. The van der Waals surface area contributed by atoms with Gasteiger partial charge in [-0.2, -0.15) is 5.10 Å². The molecule has 6 heteroatoms. The van der Waals surface area contributed by atoms with E-state index in [-0.39, 0.29) is 10.6 Å². The molecule has 1 rings (SSSR count). The standard InChI is InChI=1S/C12H20ClN3O2/c1-4-5-6-16-11(17)10(13)9(7-15-16)14-8-12(2,3)18/h7,14,18H,4-6,8H2,1-3H3. The monoisotopic (exact) mass is 273 g/mol. The van der Waals surface area contributed by atoms with E-state index in [9.17, 15) is 9.90 Å². The molecule has 1 heterocycles. The van der Waals surface area contributed by atoms with Gasteiger partial charge in [-0.25, -0.2) is 4.68 Å². The summed E-state index contributed by atoms with van der Waals surface area (Å²) in [5.41, 5.74) is -0.720. The van der Waals surface area contributed by atoms with E-state index < -0.39 is 5.60 Å². The molecule has 0 aliphatic heterocycles. The number of hydrogen-bond acceptors (Lipinski definition) is 4. The molecule has 0 unspecified atom stereocenters. The largest absolute Gasteiger partial charge is 0.389 e. The number of unbranched alkanes of at least 4 members (excludes halogenated alkanes) is 1. The van der Waals surface area contributed by atoms with Crippen LogP contribution in [0.1, 0.15) is 33.6 Å². The molecule has 0 atom stereocenters. The van der Waals surface area contributed by atoms with Crippen LogP contribution in [-0.2, 0) is 6.54 Å². The summed E-state index contributed by atoms with van der Waals surface area (Å²) in [7, 11) is 0. The summed E-state index contributed by atoms with van der Waals surface area (Å²) < 4.78 is 1.36. The molecule has 0 saturated heterocycles. The summed E-state index contributed by atoms with van der Waals surface area (Å²) in [6.45, 7) is 6.26. The average molecular weight is 274 g/mol. The van der Waals surface area contributed by atoms with Crippen molar-refractivity contribution >= 4 is 17.3 Å². The van der Waals surface area contributed by atoms with Crippen LogP contribution < -0.4 is 10.9 Å². The number of aliphatic hydroxyl groups is 1. The van der Waals surface area contributed by atoms with Crippen LogP contribution in [-0.4, -0.2) is 27.0 Å². The Hall–Kier alpha value is -1.07. The minimum Gasteiger partial charge on any atom is -0.389 e. The lowest BCUT2D eigenvalue weighted by molar-refractivity contribution is 0.0945. The first-order valence-corrected chi connectivity index (χ1v) is 6.45. The lowest BCUT2D eigenvalue weighted by Gasteiger charge is -2.19. The topological polar surface area (TPSA) is 67.2 Å². The van der Waals surface area contributed by atoms with Gasteiger partial charge in [-0.15, -0.1) is 0 Å². The van der Waals surface area contributed by atoms with Crippen molar-refractivity contribution in [2.24, 2.45) is 0 Å². The molecule has 18 heavy (non-hydrogen) atoms. The van der Waals surface area contributed by atoms with Crippen LogP contribution in [0.2, 0.25) is 5.02 Å². The highest BCUT2D eigenvalue weighted by atomic mass is 35.5. The first-order chi connectivity index (χ1) is 8.35. The molecule has 0 amide bonds. The third kappa shape index (κ3) is 4.31.